The van der Waals surface area contributed by atoms with Gasteiger partial charge in [-0.2, -0.15) is 0 Å². The van der Waals surface area contributed by atoms with E-state index in [4.69, 9.17) is 0 Å². The Morgan fingerprint density at radius 2 is 0.500 bits per heavy atom. The molecular formula is C54H46N2. The van der Waals surface area contributed by atoms with E-state index in [9.17, 15) is 0 Å². The minimum atomic E-state index is 1.14. The quantitative estimate of drug-likeness (QED) is 0.130. The maximum atomic E-state index is 2.36. The maximum Gasteiger partial charge on any atom is 0.0490 e. The number of para-hydroxylation sites is 4. The Bertz CT molecular complexity index is 2320. The third kappa shape index (κ3) is 7.69. The monoisotopic (exact) mass is 722 g/mol. The molecule has 272 valence electrons. The van der Waals surface area contributed by atoms with E-state index in [0.29, 0.717) is 0 Å². The second-order valence-electron chi connectivity index (χ2n) is 14.5. The Hall–Kier alpha value is -6.90. The van der Waals surface area contributed by atoms with Crippen molar-refractivity contribution in [1.82, 2.24) is 0 Å². The molecule has 0 fully saturated rings. The highest BCUT2D eigenvalue weighted by Gasteiger charge is 2.17. The number of rotatable bonds is 10. The van der Waals surface area contributed by atoms with Gasteiger partial charge in [-0.3, -0.25) is 0 Å². The highest BCUT2D eigenvalue weighted by molar-refractivity contribution is 5.83. The predicted molar refractivity (Wildman–Crippen MR) is 241 cm³/mol. The van der Waals surface area contributed by atoms with Crippen LogP contribution in [0.15, 0.2) is 194 Å². The standard InChI is InChI=1S/C54H46N2/c1-39-13-5-9-17-51(39)55(52-18-10-6-14-40(52)2)49-35-31-47(32-36-49)45-27-23-43(24-28-45)21-22-44-25-29-46(30-26-44)48-33-37-50(38-34-48)56(53-19-11-7-15-41(53)3)54-20-12-8-16-42(54)4/h5-38H,1-4H3/b22-21+. The smallest absolute Gasteiger partial charge is 0.0490 e. The average molecular weight is 723 g/mol. The van der Waals surface area contributed by atoms with Gasteiger partial charge in [0.1, 0.15) is 0 Å². The summed E-state index contributed by atoms with van der Waals surface area (Å²) in [4.78, 5) is 4.72. The van der Waals surface area contributed by atoms with Crippen molar-refractivity contribution in [2.24, 2.45) is 0 Å². The van der Waals surface area contributed by atoms with Crippen molar-refractivity contribution in [3.8, 4) is 22.3 Å². The summed E-state index contributed by atoms with van der Waals surface area (Å²) >= 11 is 0. The molecule has 0 heterocycles. The van der Waals surface area contributed by atoms with Crippen LogP contribution in [-0.4, -0.2) is 0 Å². The molecule has 0 aliphatic carbocycles. The van der Waals surface area contributed by atoms with Crippen LogP contribution in [0, 0.1) is 27.7 Å². The number of aryl methyl sites for hydroxylation is 4. The van der Waals surface area contributed by atoms with Gasteiger partial charge < -0.3 is 9.80 Å². The molecule has 0 amide bonds. The number of hydrogen-bond donors (Lipinski definition) is 0. The molecule has 0 aromatic heterocycles. The van der Waals surface area contributed by atoms with Crippen LogP contribution in [0.2, 0.25) is 0 Å². The van der Waals surface area contributed by atoms with Gasteiger partial charge in [0.25, 0.3) is 0 Å². The predicted octanol–water partition coefficient (Wildman–Crippen LogP) is 15.4. The van der Waals surface area contributed by atoms with Gasteiger partial charge in [0.15, 0.2) is 0 Å². The number of nitrogens with zero attached hydrogens (tertiary/aromatic N) is 2. The first-order chi connectivity index (χ1) is 27.4. The van der Waals surface area contributed by atoms with Crippen LogP contribution in [0.3, 0.4) is 0 Å². The lowest BCUT2D eigenvalue weighted by Crippen LogP contribution is -2.12. The molecule has 0 aliphatic rings. The van der Waals surface area contributed by atoms with E-state index >= 15 is 0 Å². The molecule has 0 unspecified atom stereocenters. The summed E-state index contributed by atoms with van der Waals surface area (Å²) in [5, 5.41) is 0. The summed E-state index contributed by atoms with van der Waals surface area (Å²) in [7, 11) is 0. The molecule has 0 bridgehead atoms. The topological polar surface area (TPSA) is 6.48 Å². The van der Waals surface area contributed by atoms with Gasteiger partial charge in [-0.15, -0.1) is 0 Å². The van der Waals surface area contributed by atoms with Crippen molar-refractivity contribution in [2.45, 2.75) is 27.7 Å². The third-order valence-corrected chi connectivity index (χ3v) is 10.6. The lowest BCUT2D eigenvalue weighted by Gasteiger charge is -2.28. The summed E-state index contributed by atoms with van der Waals surface area (Å²) < 4.78 is 0. The minimum Gasteiger partial charge on any atom is -0.310 e. The second kappa shape index (κ2) is 16.2. The number of hydrogen-bond acceptors (Lipinski definition) is 2. The molecule has 0 aliphatic heterocycles. The summed E-state index contributed by atoms with van der Waals surface area (Å²) in [6, 6.07) is 69.8. The normalized spacial score (nSPS) is 11.1. The summed E-state index contributed by atoms with van der Waals surface area (Å²) in [5.41, 5.74) is 19.1. The van der Waals surface area contributed by atoms with Gasteiger partial charge in [0, 0.05) is 34.1 Å². The third-order valence-electron chi connectivity index (χ3n) is 10.6. The van der Waals surface area contributed by atoms with Crippen molar-refractivity contribution < 1.29 is 0 Å². The van der Waals surface area contributed by atoms with Crippen molar-refractivity contribution in [2.75, 3.05) is 9.80 Å². The van der Waals surface area contributed by atoms with Crippen LogP contribution in [0.25, 0.3) is 34.4 Å². The average Bonchev–Trinajstić information content (AvgIpc) is 3.24. The van der Waals surface area contributed by atoms with Gasteiger partial charge in [0.2, 0.25) is 0 Å². The molecule has 0 radical (unpaired) electrons. The van der Waals surface area contributed by atoms with E-state index in [1.165, 1.54) is 78.4 Å². The second-order valence-corrected chi connectivity index (χ2v) is 14.5. The Labute approximate surface area is 332 Å². The molecule has 8 aromatic rings. The van der Waals surface area contributed by atoms with Crippen LogP contribution in [0.4, 0.5) is 34.1 Å². The van der Waals surface area contributed by atoms with Gasteiger partial charge in [-0.25, -0.2) is 0 Å². The van der Waals surface area contributed by atoms with Crippen LogP contribution in [0.1, 0.15) is 33.4 Å². The van der Waals surface area contributed by atoms with E-state index in [-0.39, 0.29) is 0 Å². The maximum absolute atomic E-state index is 2.36. The van der Waals surface area contributed by atoms with E-state index in [2.05, 4.69) is 244 Å². The summed E-state index contributed by atoms with van der Waals surface area (Å²) in [6.07, 6.45) is 4.37. The molecule has 0 N–H and O–H groups in total. The Balaban J connectivity index is 0.958. The fraction of sp³-hybridized carbons (Fsp3) is 0.0741. The molecule has 0 spiro atoms. The van der Waals surface area contributed by atoms with Crippen molar-refractivity contribution >= 4 is 46.3 Å². The van der Waals surface area contributed by atoms with Gasteiger partial charge >= 0.3 is 0 Å². The molecule has 2 nitrogen and oxygen atoms in total. The van der Waals surface area contributed by atoms with Gasteiger partial charge in [-0.05, 0) is 132 Å². The van der Waals surface area contributed by atoms with E-state index in [1.807, 2.05) is 0 Å². The minimum absolute atomic E-state index is 1.14. The fourth-order valence-corrected chi connectivity index (χ4v) is 7.44. The Morgan fingerprint density at radius 3 is 0.750 bits per heavy atom. The molecule has 2 heteroatoms. The zero-order valence-corrected chi connectivity index (χ0v) is 32.5. The Morgan fingerprint density at radius 1 is 0.268 bits per heavy atom. The fourth-order valence-electron chi connectivity index (χ4n) is 7.44. The van der Waals surface area contributed by atoms with Crippen LogP contribution in [0.5, 0.6) is 0 Å². The SMILES string of the molecule is Cc1ccccc1N(c1ccc(-c2ccc(/C=C/c3ccc(-c4ccc(N(c5ccccc5C)c5ccccc5C)cc4)cc3)cc2)cc1)c1ccccc1C. The highest BCUT2D eigenvalue weighted by Crippen LogP contribution is 2.40. The van der Waals surface area contributed by atoms with E-state index in [0.717, 1.165) is 11.4 Å². The lowest BCUT2D eigenvalue weighted by molar-refractivity contribution is 1.23. The van der Waals surface area contributed by atoms with Crippen molar-refractivity contribution in [3.63, 3.8) is 0 Å². The lowest BCUT2D eigenvalue weighted by atomic mass is 10.0. The molecule has 56 heavy (non-hydrogen) atoms. The van der Waals surface area contributed by atoms with E-state index < -0.39 is 0 Å². The zero-order valence-electron chi connectivity index (χ0n) is 32.5. The summed E-state index contributed by atoms with van der Waals surface area (Å²) in [5.74, 6) is 0. The highest BCUT2D eigenvalue weighted by atomic mass is 15.2. The molecule has 0 atom stereocenters. The molecule has 8 aromatic carbocycles. The number of anilines is 6. The van der Waals surface area contributed by atoms with E-state index in [1.54, 1.807) is 0 Å². The molecule has 0 saturated carbocycles. The first-order valence-corrected chi connectivity index (χ1v) is 19.3. The van der Waals surface area contributed by atoms with Gasteiger partial charge in [-0.1, -0.05) is 158 Å². The Kier molecular flexibility index (Phi) is 10.5. The molecule has 8 rings (SSSR count). The van der Waals surface area contributed by atoms with Crippen molar-refractivity contribution in [1.29, 1.82) is 0 Å². The zero-order chi connectivity index (χ0) is 38.4. The number of benzene rings is 8. The van der Waals surface area contributed by atoms with Crippen LogP contribution >= 0.6 is 0 Å². The largest absolute Gasteiger partial charge is 0.310 e. The molecular weight excluding hydrogens is 677 g/mol. The first kappa shape index (κ1) is 36.1. The van der Waals surface area contributed by atoms with Crippen LogP contribution < -0.4 is 9.80 Å². The molecule has 0 saturated heterocycles. The first-order valence-electron chi connectivity index (χ1n) is 19.3. The van der Waals surface area contributed by atoms with Crippen molar-refractivity contribution in [3.05, 3.63) is 228 Å². The van der Waals surface area contributed by atoms with Gasteiger partial charge in [0.05, 0.1) is 0 Å². The summed E-state index contributed by atoms with van der Waals surface area (Å²) in [6.45, 7) is 8.70. The van der Waals surface area contributed by atoms with Crippen LogP contribution in [-0.2, 0) is 0 Å².